The monoisotopic (exact) mass is 633 g/mol. The largest absolute Gasteiger partial charge is 0.308 e. The molecule has 268 valence electrons. The Hall–Kier alpha value is -0.700. The van der Waals surface area contributed by atoms with Crippen molar-refractivity contribution in [2.45, 2.75) is 232 Å². The maximum absolute atomic E-state index is 12.7. The Morgan fingerprint density at radius 3 is 1.02 bits per heavy atom. The molecule has 0 spiro atoms. The predicted molar refractivity (Wildman–Crippen MR) is 204 cm³/mol. The highest BCUT2D eigenvalue weighted by Gasteiger charge is 2.08. The molecule has 0 amide bonds. The fourth-order valence-corrected chi connectivity index (χ4v) is 6.52. The summed E-state index contributed by atoms with van der Waals surface area (Å²) in [6, 6.07) is 0. The van der Waals surface area contributed by atoms with Crippen LogP contribution in [0.2, 0.25) is 0 Å². The maximum Gasteiger partial charge on any atom is 0.138 e. The summed E-state index contributed by atoms with van der Waals surface area (Å²) in [5.41, 5.74) is 1.17. The van der Waals surface area contributed by atoms with Gasteiger partial charge in [0.05, 0.1) is 6.54 Å². The molecule has 0 aliphatic rings. The van der Waals surface area contributed by atoms with Crippen LogP contribution in [0, 0.1) is 0 Å². The average molecular weight is 633 g/mol. The zero-order chi connectivity index (χ0) is 32.9. The molecule has 0 aliphatic carbocycles. The molecule has 0 radical (unpaired) electrons. The summed E-state index contributed by atoms with van der Waals surface area (Å²) in [5, 5.41) is 0. The second kappa shape index (κ2) is 37.8. The zero-order valence-corrected chi connectivity index (χ0v) is 31.8. The lowest BCUT2D eigenvalue weighted by Crippen LogP contribution is -2.17. The normalized spacial score (nSPS) is 12.1. The van der Waals surface area contributed by atoms with Crippen molar-refractivity contribution in [1.29, 1.82) is 0 Å². The summed E-state index contributed by atoms with van der Waals surface area (Å²) in [6.07, 6.45) is 45.3. The van der Waals surface area contributed by atoms with Gasteiger partial charge in [-0.2, -0.15) is 0 Å². The Morgan fingerprint density at radius 2 is 0.711 bits per heavy atom. The summed E-state index contributed by atoms with van der Waals surface area (Å²) in [4.78, 5) is 19.8. The molecule has 0 bridgehead atoms. The lowest BCUT2D eigenvalue weighted by Gasteiger charge is -2.10. The van der Waals surface area contributed by atoms with E-state index in [0.717, 1.165) is 32.4 Å². The molecular formula is C42H84N2O. The fourth-order valence-electron chi connectivity index (χ4n) is 6.52. The first kappa shape index (κ1) is 44.3. The third kappa shape index (κ3) is 37.6. The van der Waals surface area contributed by atoms with Gasteiger partial charge in [0.2, 0.25) is 0 Å². The van der Waals surface area contributed by atoms with Crippen LogP contribution in [0.1, 0.15) is 232 Å². The van der Waals surface area contributed by atoms with Gasteiger partial charge in [0, 0.05) is 25.1 Å². The van der Waals surface area contributed by atoms with E-state index in [9.17, 15) is 4.79 Å². The van der Waals surface area contributed by atoms with Crippen molar-refractivity contribution in [2.24, 2.45) is 4.99 Å². The highest BCUT2D eigenvalue weighted by Crippen LogP contribution is 2.16. The molecule has 3 heteroatoms. The summed E-state index contributed by atoms with van der Waals surface area (Å²) in [7, 11) is 4.21. The Bertz CT molecular complexity index is 614. The lowest BCUT2D eigenvalue weighted by molar-refractivity contribution is -0.118. The molecule has 0 aromatic rings. The Morgan fingerprint density at radius 1 is 0.422 bits per heavy atom. The lowest BCUT2D eigenvalue weighted by atomic mass is 10.0. The SMILES string of the molecule is CCCCCCCCCCCCCCCCCCCCCC(CC(=O)CCCCCCCCCCCCCC)=NCCN(C)C. The molecule has 0 rings (SSSR count). The van der Waals surface area contributed by atoms with Crippen molar-refractivity contribution < 1.29 is 4.79 Å². The number of unbranched alkanes of at least 4 members (excludes halogenated alkanes) is 29. The molecule has 0 saturated heterocycles. The smallest absolute Gasteiger partial charge is 0.138 e. The van der Waals surface area contributed by atoms with Crippen LogP contribution in [-0.4, -0.2) is 43.6 Å². The predicted octanol–water partition coefficient (Wildman–Crippen LogP) is 13.9. The van der Waals surface area contributed by atoms with Crippen molar-refractivity contribution in [3.8, 4) is 0 Å². The second-order valence-corrected chi connectivity index (χ2v) is 14.7. The Balaban J connectivity index is 3.76. The van der Waals surface area contributed by atoms with E-state index in [1.807, 2.05) is 0 Å². The van der Waals surface area contributed by atoms with Gasteiger partial charge in [0.25, 0.3) is 0 Å². The molecule has 0 N–H and O–H groups in total. The molecule has 0 aromatic heterocycles. The number of Topliss-reactive ketones (excluding diaryl/α,β-unsaturated/α-hetero) is 1. The molecule has 0 unspecified atom stereocenters. The first-order chi connectivity index (χ1) is 22.1. The van der Waals surface area contributed by atoms with E-state index >= 15 is 0 Å². The van der Waals surface area contributed by atoms with Crippen LogP contribution in [0.4, 0.5) is 0 Å². The van der Waals surface area contributed by atoms with Gasteiger partial charge >= 0.3 is 0 Å². The van der Waals surface area contributed by atoms with E-state index in [4.69, 9.17) is 4.99 Å². The van der Waals surface area contributed by atoms with Gasteiger partial charge in [-0.05, 0) is 33.4 Å². The van der Waals surface area contributed by atoms with Gasteiger partial charge < -0.3 is 4.90 Å². The molecular weight excluding hydrogens is 548 g/mol. The van der Waals surface area contributed by atoms with Crippen LogP contribution < -0.4 is 0 Å². The van der Waals surface area contributed by atoms with Crippen LogP contribution in [0.5, 0.6) is 0 Å². The molecule has 0 fully saturated rings. The number of hydrogen-bond donors (Lipinski definition) is 0. The van der Waals surface area contributed by atoms with Crippen LogP contribution in [0.25, 0.3) is 0 Å². The first-order valence-electron chi connectivity index (χ1n) is 20.8. The molecule has 3 nitrogen and oxygen atoms in total. The average Bonchev–Trinajstić information content (AvgIpc) is 3.02. The van der Waals surface area contributed by atoms with Crippen LogP contribution in [0.3, 0.4) is 0 Å². The molecule has 0 atom stereocenters. The third-order valence-electron chi connectivity index (χ3n) is 9.66. The number of ketones is 1. The van der Waals surface area contributed by atoms with Crippen molar-refractivity contribution in [3.63, 3.8) is 0 Å². The minimum absolute atomic E-state index is 0.420. The van der Waals surface area contributed by atoms with Crippen LogP contribution >= 0.6 is 0 Å². The van der Waals surface area contributed by atoms with E-state index in [1.165, 1.54) is 198 Å². The van der Waals surface area contributed by atoms with Gasteiger partial charge in [0.1, 0.15) is 5.78 Å². The quantitative estimate of drug-likeness (QED) is 0.0501. The molecule has 0 saturated carbocycles. The highest BCUT2D eigenvalue weighted by molar-refractivity contribution is 6.01. The summed E-state index contributed by atoms with van der Waals surface area (Å²) >= 11 is 0. The van der Waals surface area contributed by atoms with Gasteiger partial charge in [-0.25, -0.2) is 0 Å². The first-order valence-corrected chi connectivity index (χ1v) is 20.8. The third-order valence-corrected chi connectivity index (χ3v) is 9.66. The second-order valence-electron chi connectivity index (χ2n) is 14.7. The number of carbonyl (C=O) groups is 1. The maximum atomic E-state index is 12.7. The number of hydrogen-bond acceptors (Lipinski definition) is 3. The van der Waals surface area contributed by atoms with Gasteiger partial charge in [-0.15, -0.1) is 0 Å². The number of carbonyl (C=O) groups excluding carboxylic acids is 1. The summed E-state index contributed by atoms with van der Waals surface area (Å²) in [6.45, 7) is 6.38. The van der Waals surface area contributed by atoms with Crippen LogP contribution in [-0.2, 0) is 4.79 Å². The zero-order valence-electron chi connectivity index (χ0n) is 31.8. The van der Waals surface area contributed by atoms with E-state index < -0.39 is 0 Å². The highest BCUT2D eigenvalue weighted by atomic mass is 16.1. The number of rotatable bonds is 38. The van der Waals surface area contributed by atoms with E-state index in [2.05, 4.69) is 32.8 Å². The number of nitrogens with zero attached hydrogens (tertiary/aromatic N) is 2. The van der Waals surface area contributed by atoms with Crippen molar-refractivity contribution >= 4 is 11.5 Å². The molecule has 45 heavy (non-hydrogen) atoms. The fraction of sp³-hybridized carbons (Fsp3) is 0.952. The number of aliphatic imine (C=N–C) groups is 1. The molecule has 0 aromatic carbocycles. The van der Waals surface area contributed by atoms with Gasteiger partial charge in [-0.3, -0.25) is 9.79 Å². The minimum atomic E-state index is 0.420. The van der Waals surface area contributed by atoms with Crippen molar-refractivity contribution in [3.05, 3.63) is 0 Å². The Labute approximate surface area is 285 Å². The van der Waals surface area contributed by atoms with Crippen LogP contribution in [0.15, 0.2) is 4.99 Å². The van der Waals surface area contributed by atoms with Crippen molar-refractivity contribution in [1.82, 2.24) is 4.90 Å². The van der Waals surface area contributed by atoms with E-state index in [0.29, 0.717) is 12.2 Å². The standard InChI is InChI=1S/C42H84N2O/c1-5-7-9-11-13-15-17-19-20-21-22-23-24-25-26-28-30-32-34-36-41(43-38-39-44(3)4)40-42(45)37-35-33-31-29-27-18-16-14-12-10-8-6-2/h5-40H2,1-4H3. The van der Waals surface area contributed by atoms with Crippen molar-refractivity contribution in [2.75, 3.05) is 27.2 Å². The van der Waals surface area contributed by atoms with Gasteiger partial charge in [0.15, 0.2) is 0 Å². The van der Waals surface area contributed by atoms with E-state index in [-0.39, 0.29) is 0 Å². The van der Waals surface area contributed by atoms with E-state index in [1.54, 1.807) is 0 Å². The number of likely N-dealkylation sites (N-methyl/N-ethyl adjacent to an activating group) is 1. The molecule has 0 heterocycles. The summed E-state index contributed by atoms with van der Waals surface area (Å²) in [5.74, 6) is 0.420. The molecule has 0 aliphatic heterocycles. The Kier molecular flexibility index (Phi) is 37.2. The topological polar surface area (TPSA) is 32.7 Å². The summed E-state index contributed by atoms with van der Waals surface area (Å²) < 4.78 is 0. The minimum Gasteiger partial charge on any atom is -0.308 e. The van der Waals surface area contributed by atoms with Gasteiger partial charge in [-0.1, -0.05) is 200 Å².